The number of benzene rings is 1. The van der Waals surface area contributed by atoms with Crippen LogP contribution >= 0.6 is 11.8 Å². The minimum Gasteiger partial charge on any atom is -0.543 e. The third-order valence-electron chi connectivity index (χ3n) is 4.35. The molecule has 0 radical (unpaired) electrons. The number of rotatable bonds is 6. The normalized spacial score (nSPS) is 21.3. The number of carbonyl (C=O) groups is 4. The molecule has 0 spiro atoms. The van der Waals surface area contributed by atoms with Gasteiger partial charge in [0.2, 0.25) is 0 Å². The molecule has 1 unspecified atom stereocenters. The van der Waals surface area contributed by atoms with Gasteiger partial charge < -0.3 is 25.1 Å². The van der Waals surface area contributed by atoms with Crippen molar-refractivity contribution < 1.29 is 63.7 Å². The molecule has 29 heavy (non-hydrogen) atoms. The first-order valence-electron chi connectivity index (χ1n) is 8.36. The van der Waals surface area contributed by atoms with Crippen LogP contribution in [0.25, 0.3) is 0 Å². The average molecular weight is 428 g/mol. The number of esters is 1. The first-order chi connectivity index (χ1) is 13.3. The van der Waals surface area contributed by atoms with Crippen LogP contribution in [-0.2, 0) is 23.9 Å². The van der Waals surface area contributed by atoms with E-state index in [9.17, 15) is 29.4 Å². The van der Waals surface area contributed by atoms with E-state index in [0.29, 0.717) is 5.56 Å². The summed E-state index contributed by atoms with van der Waals surface area (Å²) in [6.45, 7) is 0.933. The summed E-state index contributed by atoms with van der Waals surface area (Å²) in [7, 11) is 0. The fourth-order valence-electron chi connectivity index (χ4n) is 2.99. The zero-order chi connectivity index (χ0) is 20.4. The number of amides is 2. The van der Waals surface area contributed by atoms with Crippen molar-refractivity contribution in [3.63, 3.8) is 0 Å². The van der Waals surface area contributed by atoms with Crippen LogP contribution in [0.15, 0.2) is 41.6 Å². The zero-order valence-corrected chi connectivity index (χ0v) is 18.6. The molecule has 1 aromatic carbocycles. The van der Waals surface area contributed by atoms with Gasteiger partial charge in [0.05, 0.1) is 11.7 Å². The number of ether oxygens (including phenoxy) is 1. The van der Waals surface area contributed by atoms with E-state index in [1.54, 1.807) is 30.3 Å². The molecule has 0 aromatic heterocycles. The van der Waals surface area contributed by atoms with Crippen molar-refractivity contribution in [2.24, 2.45) is 0 Å². The van der Waals surface area contributed by atoms with Crippen LogP contribution in [0.5, 0.6) is 0 Å². The molecule has 2 amide bonds. The topological polar surface area (TPSA) is 136 Å². The van der Waals surface area contributed by atoms with Gasteiger partial charge in [-0.25, -0.2) is 0 Å². The average Bonchev–Trinajstić information content (AvgIpc) is 2.69. The fraction of sp³-hybridized carbons (Fsp3) is 0.333. The van der Waals surface area contributed by atoms with Crippen LogP contribution in [0.4, 0.5) is 0 Å². The van der Waals surface area contributed by atoms with Crippen molar-refractivity contribution in [1.29, 1.82) is 0 Å². The number of thioether (sulfide) groups is 1. The van der Waals surface area contributed by atoms with Gasteiger partial charge in [-0.2, -0.15) is 0 Å². The molecule has 2 aliphatic rings. The predicted octanol–water partition coefficient (Wildman–Crippen LogP) is -4.31. The van der Waals surface area contributed by atoms with E-state index in [4.69, 9.17) is 4.74 Å². The Morgan fingerprint density at radius 2 is 2.00 bits per heavy atom. The maximum Gasteiger partial charge on any atom is 1.00 e. The van der Waals surface area contributed by atoms with Crippen molar-refractivity contribution in [1.82, 2.24) is 10.2 Å². The molecule has 3 atom stereocenters. The van der Waals surface area contributed by atoms with Crippen LogP contribution in [0.3, 0.4) is 0 Å². The molecule has 3 rings (SSSR count). The third-order valence-corrected chi connectivity index (χ3v) is 5.69. The Labute approximate surface area is 192 Å². The number of aliphatic hydroxyl groups is 1. The Balaban J connectivity index is 0.00000300. The SMILES string of the molecule is CC(=O)OCC1=C(C(=O)[O-])N2C(=O)[C@@H](NC(=O)C(O)c3ccccc3)[C@H]2SC1.[Na+]. The van der Waals surface area contributed by atoms with Gasteiger partial charge in [0.25, 0.3) is 11.8 Å². The summed E-state index contributed by atoms with van der Waals surface area (Å²) in [5, 5.41) is 23.5. The number of aliphatic hydroxyl groups excluding tert-OH is 1. The summed E-state index contributed by atoms with van der Waals surface area (Å²) in [6.07, 6.45) is -1.45. The second-order valence-corrected chi connectivity index (χ2v) is 7.33. The van der Waals surface area contributed by atoms with E-state index in [0.717, 1.165) is 4.90 Å². The summed E-state index contributed by atoms with van der Waals surface area (Å²) < 4.78 is 4.83. The van der Waals surface area contributed by atoms with E-state index in [2.05, 4.69) is 5.32 Å². The molecule has 1 aromatic rings. The summed E-state index contributed by atoms with van der Waals surface area (Å²) in [4.78, 5) is 48.3. The van der Waals surface area contributed by atoms with Gasteiger partial charge in [-0.05, 0) is 5.56 Å². The monoisotopic (exact) mass is 428 g/mol. The third kappa shape index (κ3) is 4.84. The van der Waals surface area contributed by atoms with Gasteiger partial charge in [0.15, 0.2) is 6.10 Å². The van der Waals surface area contributed by atoms with Gasteiger partial charge in [-0.3, -0.25) is 19.3 Å². The number of fused-ring (bicyclic) bond motifs is 1. The minimum atomic E-state index is -1.56. The van der Waals surface area contributed by atoms with E-state index < -0.39 is 41.3 Å². The number of carbonyl (C=O) groups excluding carboxylic acids is 4. The van der Waals surface area contributed by atoms with Gasteiger partial charge in [-0.15, -0.1) is 11.8 Å². The number of carboxylic acids is 1. The van der Waals surface area contributed by atoms with Gasteiger partial charge >= 0.3 is 35.5 Å². The standard InChI is InChI=1S/C18H18N2O7S.Na/c1-9(21)27-7-11-8-28-17-12(16(24)20(17)13(11)18(25)26)19-15(23)14(22)10-5-3-2-4-6-10;/h2-6,12,14,17,22H,7-8H2,1H3,(H,19,23)(H,25,26);/q;+1/p-1/t12-,14?,17-;/m1./s1. The molecule has 1 fully saturated rings. The maximum atomic E-state index is 12.5. The van der Waals surface area contributed by atoms with Crippen LogP contribution < -0.4 is 40.0 Å². The van der Waals surface area contributed by atoms with Gasteiger partial charge in [0, 0.05) is 18.2 Å². The number of carboxylic acid groups (broad SMARTS) is 1. The van der Waals surface area contributed by atoms with Gasteiger partial charge in [-0.1, -0.05) is 30.3 Å². The maximum absolute atomic E-state index is 12.5. The Morgan fingerprint density at radius 3 is 2.59 bits per heavy atom. The molecule has 148 valence electrons. The van der Waals surface area contributed by atoms with E-state index >= 15 is 0 Å². The van der Waals surface area contributed by atoms with E-state index in [1.807, 2.05) is 0 Å². The number of nitrogens with zero attached hydrogens (tertiary/aromatic N) is 1. The Bertz CT molecular complexity index is 861. The van der Waals surface area contributed by atoms with Crippen LogP contribution in [0.1, 0.15) is 18.6 Å². The Morgan fingerprint density at radius 1 is 1.34 bits per heavy atom. The van der Waals surface area contributed by atoms with Crippen molar-refractivity contribution in [2.45, 2.75) is 24.4 Å². The second kappa shape index (κ2) is 9.77. The van der Waals surface area contributed by atoms with Crippen molar-refractivity contribution in [2.75, 3.05) is 12.4 Å². The van der Waals surface area contributed by atoms with Crippen LogP contribution in [0, 0.1) is 0 Å². The Kier molecular flexibility index (Phi) is 7.89. The summed E-state index contributed by atoms with van der Waals surface area (Å²) >= 11 is 1.22. The van der Waals surface area contributed by atoms with Crippen LogP contribution in [-0.4, -0.2) is 57.5 Å². The molecule has 2 aliphatic heterocycles. The van der Waals surface area contributed by atoms with Gasteiger partial charge in [0.1, 0.15) is 18.0 Å². The molecular weight excluding hydrogens is 411 g/mol. The number of hydrogen-bond donors (Lipinski definition) is 2. The number of nitrogens with one attached hydrogen (secondary N) is 1. The first-order valence-corrected chi connectivity index (χ1v) is 9.41. The summed E-state index contributed by atoms with van der Waals surface area (Å²) in [5.41, 5.74) is 0.280. The largest absolute Gasteiger partial charge is 1.00 e. The molecule has 2 N–H and O–H groups in total. The molecule has 0 aliphatic carbocycles. The summed E-state index contributed by atoms with van der Waals surface area (Å²) in [6, 6.07) is 7.25. The molecule has 11 heteroatoms. The minimum absolute atomic E-state index is 0. The molecule has 1 saturated heterocycles. The van der Waals surface area contributed by atoms with Crippen molar-refractivity contribution in [3.8, 4) is 0 Å². The fourth-order valence-corrected chi connectivity index (χ4v) is 4.32. The van der Waals surface area contributed by atoms with Crippen molar-refractivity contribution >= 4 is 35.5 Å². The zero-order valence-electron chi connectivity index (χ0n) is 15.8. The number of β-lactam (4-membered cyclic amide) rings is 1. The number of hydrogen-bond acceptors (Lipinski definition) is 8. The van der Waals surface area contributed by atoms with E-state index in [-0.39, 0.29) is 53.2 Å². The smallest absolute Gasteiger partial charge is 0.543 e. The molecule has 0 bridgehead atoms. The summed E-state index contributed by atoms with van der Waals surface area (Å²) in [5.74, 6) is -3.33. The van der Waals surface area contributed by atoms with Crippen molar-refractivity contribution in [3.05, 3.63) is 47.2 Å². The molecule has 2 heterocycles. The molecular formula is C18H17N2NaO7S. The molecule has 0 saturated carbocycles. The second-order valence-electron chi connectivity index (χ2n) is 6.23. The predicted molar refractivity (Wildman–Crippen MR) is 95.1 cm³/mol. The van der Waals surface area contributed by atoms with E-state index in [1.165, 1.54) is 18.7 Å². The Hall–Kier alpha value is -1.85. The molecule has 9 nitrogen and oxygen atoms in total. The van der Waals surface area contributed by atoms with Crippen LogP contribution in [0.2, 0.25) is 0 Å². The number of aliphatic carboxylic acids is 1. The first kappa shape index (κ1) is 23.4. The quantitative estimate of drug-likeness (QED) is 0.264.